The Bertz CT molecular complexity index is 440. The van der Waals surface area contributed by atoms with Crippen LogP contribution < -0.4 is 11.1 Å². The molecule has 3 N–H and O–H groups in total. The molecule has 0 spiro atoms. The van der Waals surface area contributed by atoms with E-state index >= 15 is 0 Å². The summed E-state index contributed by atoms with van der Waals surface area (Å²) < 4.78 is 0. The second kappa shape index (κ2) is 8.15. The van der Waals surface area contributed by atoms with Gasteiger partial charge in [0.1, 0.15) is 0 Å². The molecule has 1 aliphatic rings. The van der Waals surface area contributed by atoms with Gasteiger partial charge in [-0.1, -0.05) is 19.1 Å². The van der Waals surface area contributed by atoms with Gasteiger partial charge in [-0.25, -0.2) is 0 Å². The molecule has 1 aromatic rings. The number of carbonyl (C=O) groups is 1. The van der Waals surface area contributed by atoms with Gasteiger partial charge in [0.05, 0.1) is 0 Å². The summed E-state index contributed by atoms with van der Waals surface area (Å²) in [6.07, 6.45) is 4.28. The number of hydrogen-bond acceptors (Lipinski definition) is 3. The zero-order valence-electron chi connectivity index (χ0n) is 13.0. The van der Waals surface area contributed by atoms with Gasteiger partial charge in [-0.2, -0.15) is 0 Å². The number of rotatable bonds is 9. The summed E-state index contributed by atoms with van der Waals surface area (Å²) in [6.45, 7) is 6.04. The minimum absolute atomic E-state index is 0.0953. The first-order valence-corrected chi connectivity index (χ1v) is 8.02. The lowest BCUT2D eigenvalue weighted by atomic mass is 10.2. The highest BCUT2D eigenvalue weighted by molar-refractivity contribution is 5.90. The van der Waals surface area contributed by atoms with Crippen molar-refractivity contribution in [3.63, 3.8) is 0 Å². The maximum absolute atomic E-state index is 11.9. The molecule has 0 unspecified atom stereocenters. The maximum atomic E-state index is 11.9. The molecule has 0 aromatic heterocycles. The average Bonchev–Trinajstić information content (AvgIpc) is 3.31. The van der Waals surface area contributed by atoms with Crippen molar-refractivity contribution in [1.29, 1.82) is 0 Å². The Hall–Kier alpha value is -1.39. The predicted octanol–water partition coefficient (Wildman–Crippen LogP) is 2.60. The molecule has 0 aliphatic heterocycles. The smallest absolute Gasteiger partial charge is 0.224 e. The van der Waals surface area contributed by atoms with Crippen LogP contribution in [-0.4, -0.2) is 30.4 Å². The Labute approximate surface area is 127 Å². The van der Waals surface area contributed by atoms with Gasteiger partial charge in [0.15, 0.2) is 0 Å². The standard InChI is InChI=1S/C17H27N3O/c1-2-20(13-15-5-6-15)11-3-4-17(21)19-16-9-7-14(12-18)8-10-16/h7-10,15H,2-6,11-13,18H2,1H3,(H,19,21). The van der Waals surface area contributed by atoms with Gasteiger partial charge in [-0.15, -0.1) is 0 Å². The number of nitrogens with zero attached hydrogens (tertiary/aromatic N) is 1. The van der Waals surface area contributed by atoms with E-state index in [1.807, 2.05) is 24.3 Å². The van der Waals surface area contributed by atoms with Crippen molar-refractivity contribution in [1.82, 2.24) is 4.90 Å². The lowest BCUT2D eigenvalue weighted by Gasteiger charge is -2.19. The molecule has 1 amide bonds. The zero-order chi connectivity index (χ0) is 15.1. The first-order chi connectivity index (χ1) is 10.2. The van der Waals surface area contributed by atoms with Crippen LogP contribution in [0.25, 0.3) is 0 Å². The van der Waals surface area contributed by atoms with Crippen LogP contribution in [0.5, 0.6) is 0 Å². The first kappa shape index (κ1) is 16.0. The molecule has 116 valence electrons. The maximum Gasteiger partial charge on any atom is 0.224 e. The number of carbonyl (C=O) groups excluding carboxylic acids is 1. The third-order valence-electron chi connectivity index (χ3n) is 4.01. The van der Waals surface area contributed by atoms with E-state index in [9.17, 15) is 4.79 Å². The Balaban J connectivity index is 1.66. The summed E-state index contributed by atoms with van der Waals surface area (Å²) in [6, 6.07) is 7.71. The van der Waals surface area contributed by atoms with Crippen molar-refractivity contribution in [3.8, 4) is 0 Å². The van der Waals surface area contributed by atoms with Gasteiger partial charge in [-0.05, 0) is 56.0 Å². The molecular formula is C17H27N3O. The van der Waals surface area contributed by atoms with Crippen molar-refractivity contribution < 1.29 is 4.79 Å². The van der Waals surface area contributed by atoms with Gasteiger partial charge in [0.25, 0.3) is 0 Å². The van der Waals surface area contributed by atoms with Crippen molar-refractivity contribution in [3.05, 3.63) is 29.8 Å². The number of nitrogens with one attached hydrogen (secondary N) is 1. The molecule has 1 aromatic carbocycles. The fourth-order valence-electron chi connectivity index (χ4n) is 2.45. The van der Waals surface area contributed by atoms with Crippen LogP contribution in [0.3, 0.4) is 0 Å². The lowest BCUT2D eigenvalue weighted by molar-refractivity contribution is -0.116. The number of anilines is 1. The summed E-state index contributed by atoms with van der Waals surface area (Å²) in [5.41, 5.74) is 7.48. The Morgan fingerprint density at radius 1 is 1.33 bits per heavy atom. The SMILES string of the molecule is CCN(CCCC(=O)Nc1ccc(CN)cc1)CC1CC1. The van der Waals surface area contributed by atoms with Crippen molar-refractivity contribution >= 4 is 11.6 Å². The first-order valence-electron chi connectivity index (χ1n) is 8.02. The molecule has 1 saturated carbocycles. The molecule has 0 atom stereocenters. The number of hydrogen-bond donors (Lipinski definition) is 2. The van der Waals surface area contributed by atoms with Crippen LogP contribution in [-0.2, 0) is 11.3 Å². The summed E-state index contributed by atoms with van der Waals surface area (Å²) >= 11 is 0. The molecule has 2 rings (SSSR count). The Kier molecular flexibility index (Phi) is 6.21. The highest BCUT2D eigenvalue weighted by atomic mass is 16.1. The summed E-state index contributed by atoms with van der Waals surface area (Å²) in [7, 11) is 0. The predicted molar refractivity (Wildman–Crippen MR) is 87.0 cm³/mol. The third kappa shape index (κ3) is 5.86. The number of nitrogens with two attached hydrogens (primary N) is 1. The molecule has 1 aliphatic carbocycles. The van der Waals surface area contributed by atoms with Crippen LogP contribution >= 0.6 is 0 Å². The minimum atomic E-state index is 0.0953. The van der Waals surface area contributed by atoms with Crippen LogP contribution in [0.1, 0.15) is 38.2 Å². The summed E-state index contributed by atoms with van der Waals surface area (Å²) in [5.74, 6) is 1.01. The molecule has 0 saturated heterocycles. The van der Waals surface area contributed by atoms with E-state index in [4.69, 9.17) is 5.73 Å². The molecule has 0 radical (unpaired) electrons. The normalized spacial score (nSPS) is 14.4. The fourth-order valence-corrected chi connectivity index (χ4v) is 2.45. The van der Waals surface area contributed by atoms with E-state index < -0.39 is 0 Å². The largest absolute Gasteiger partial charge is 0.326 e. The van der Waals surface area contributed by atoms with Gasteiger partial charge >= 0.3 is 0 Å². The molecule has 1 fully saturated rings. The molecule has 21 heavy (non-hydrogen) atoms. The van der Waals surface area contributed by atoms with E-state index in [1.165, 1.54) is 19.4 Å². The summed E-state index contributed by atoms with van der Waals surface area (Å²) in [5, 5.41) is 2.94. The van der Waals surface area contributed by atoms with E-state index in [1.54, 1.807) is 0 Å². The van der Waals surface area contributed by atoms with E-state index in [0.29, 0.717) is 13.0 Å². The lowest BCUT2D eigenvalue weighted by Crippen LogP contribution is -2.27. The Morgan fingerprint density at radius 2 is 2.05 bits per heavy atom. The second-order valence-electron chi connectivity index (χ2n) is 5.89. The van der Waals surface area contributed by atoms with Gasteiger partial charge < -0.3 is 16.0 Å². The van der Waals surface area contributed by atoms with Crippen LogP contribution in [0, 0.1) is 5.92 Å². The van der Waals surface area contributed by atoms with Crippen molar-refractivity contribution in [2.45, 2.75) is 39.2 Å². The fraction of sp³-hybridized carbons (Fsp3) is 0.588. The summed E-state index contributed by atoms with van der Waals surface area (Å²) in [4.78, 5) is 14.4. The van der Waals surface area contributed by atoms with Gasteiger partial charge in [0.2, 0.25) is 5.91 Å². The van der Waals surface area contributed by atoms with Crippen molar-refractivity contribution in [2.24, 2.45) is 11.7 Å². The van der Waals surface area contributed by atoms with Crippen LogP contribution in [0.15, 0.2) is 24.3 Å². The zero-order valence-corrected chi connectivity index (χ0v) is 13.0. The van der Waals surface area contributed by atoms with Crippen LogP contribution in [0.4, 0.5) is 5.69 Å². The molecule has 4 heteroatoms. The topological polar surface area (TPSA) is 58.4 Å². The highest BCUT2D eigenvalue weighted by Crippen LogP contribution is 2.29. The van der Waals surface area contributed by atoms with Gasteiger partial charge in [0, 0.05) is 25.2 Å². The van der Waals surface area contributed by atoms with Crippen LogP contribution in [0.2, 0.25) is 0 Å². The third-order valence-corrected chi connectivity index (χ3v) is 4.01. The average molecular weight is 289 g/mol. The quantitative estimate of drug-likeness (QED) is 0.734. The highest BCUT2D eigenvalue weighted by Gasteiger charge is 2.23. The molecule has 0 heterocycles. The number of amides is 1. The molecule has 4 nitrogen and oxygen atoms in total. The Morgan fingerprint density at radius 3 is 2.62 bits per heavy atom. The van der Waals surface area contributed by atoms with E-state index in [0.717, 1.165) is 36.7 Å². The van der Waals surface area contributed by atoms with E-state index in [2.05, 4.69) is 17.1 Å². The van der Waals surface area contributed by atoms with Gasteiger partial charge in [-0.3, -0.25) is 4.79 Å². The number of benzene rings is 1. The van der Waals surface area contributed by atoms with Crippen molar-refractivity contribution in [2.75, 3.05) is 25.0 Å². The monoisotopic (exact) mass is 289 g/mol. The molecule has 0 bridgehead atoms. The second-order valence-corrected chi connectivity index (χ2v) is 5.89. The molecular weight excluding hydrogens is 262 g/mol. The minimum Gasteiger partial charge on any atom is -0.326 e. The van der Waals surface area contributed by atoms with E-state index in [-0.39, 0.29) is 5.91 Å².